The fourth-order valence-corrected chi connectivity index (χ4v) is 5.90. The minimum atomic E-state index is -1.47. The quantitative estimate of drug-likeness (QED) is 0.701. The van der Waals surface area contributed by atoms with E-state index in [-0.39, 0.29) is 11.7 Å². The van der Waals surface area contributed by atoms with Gasteiger partial charge in [0.05, 0.1) is 9.17 Å². The zero-order chi connectivity index (χ0) is 11.6. The number of hydrogen-bond donors (Lipinski definition) is 0. The van der Waals surface area contributed by atoms with E-state index in [1.165, 1.54) is 22.7 Å². The van der Waals surface area contributed by atoms with E-state index in [2.05, 4.69) is 31.9 Å². The van der Waals surface area contributed by atoms with Crippen LogP contribution in [0.3, 0.4) is 0 Å². The summed E-state index contributed by atoms with van der Waals surface area (Å²) in [6, 6.07) is 0. The lowest BCUT2D eigenvalue weighted by atomic mass is 10.3. The first-order valence-electron chi connectivity index (χ1n) is 4.12. The average molecular weight is 385 g/mol. The second kappa shape index (κ2) is 3.41. The zero-order valence-corrected chi connectivity index (χ0v) is 12.5. The molecule has 0 radical (unpaired) electrons. The molecule has 0 bridgehead atoms. The van der Waals surface area contributed by atoms with Crippen LogP contribution in [0, 0.1) is 0 Å². The van der Waals surface area contributed by atoms with Gasteiger partial charge in [0.15, 0.2) is 16.6 Å². The molecule has 2 aromatic rings. The van der Waals surface area contributed by atoms with Gasteiger partial charge in [0.1, 0.15) is 8.68 Å². The van der Waals surface area contributed by atoms with Crippen molar-refractivity contribution in [2.75, 3.05) is 7.05 Å². The van der Waals surface area contributed by atoms with Crippen LogP contribution in [0.2, 0.25) is 0 Å². The molecule has 0 N–H and O–H groups in total. The van der Waals surface area contributed by atoms with E-state index in [1.807, 2.05) is 0 Å². The molecule has 3 heterocycles. The van der Waals surface area contributed by atoms with Gasteiger partial charge < -0.3 is 4.42 Å². The molecule has 0 aromatic carbocycles. The maximum atomic E-state index is 12.0. The summed E-state index contributed by atoms with van der Waals surface area (Å²) in [5.74, 6) is -0.159. The van der Waals surface area contributed by atoms with Gasteiger partial charge in [0.25, 0.3) is 0 Å². The molecule has 0 saturated carbocycles. The Labute approximate surface area is 113 Å². The third kappa shape index (κ3) is 1.18. The molecule has 16 heavy (non-hydrogen) atoms. The molecule has 1 unspecified atom stereocenters. The van der Waals surface area contributed by atoms with Crippen LogP contribution in [0.5, 0.6) is 0 Å². The number of nitrogens with zero attached hydrogens (tertiary/aromatic N) is 1. The molecular formula is C8H3Br2NO3S2. The minimum Gasteiger partial charge on any atom is -0.447 e. The number of halogens is 2. The Morgan fingerprint density at radius 3 is 2.75 bits per heavy atom. The van der Waals surface area contributed by atoms with Crippen LogP contribution in [0.25, 0.3) is 11.0 Å². The molecule has 1 atom stereocenters. The van der Waals surface area contributed by atoms with E-state index in [9.17, 15) is 9.00 Å². The Morgan fingerprint density at radius 2 is 2.06 bits per heavy atom. The number of thiophene rings is 1. The van der Waals surface area contributed by atoms with Gasteiger partial charge in [-0.05, 0) is 31.9 Å². The van der Waals surface area contributed by atoms with Crippen LogP contribution in [0.15, 0.2) is 16.9 Å². The number of rotatable bonds is 0. The Kier molecular flexibility index (Phi) is 2.33. The number of carbonyl (C=O) groups excluding carboxylic acids is 1. The summed E-state index contributed by atoms with van der Waals surface area (Å²) in [4.78, 5) is 12.2. The molecule has 84 valence electrons. The van der Waals surface area contributed by atoms with Crippen LogP contribution >= 0.6 is 43.2 Å². The highest BCUT2D eigenvalue weighted by molar-refractivity contribution is 9.12. The van der Waals surface area contributed by atoms with E-state index >= 15 is 0 Å². The van der Waals surface area contributed by atoms with Gasteiger partial charge in [-0.1, -0.05) is 0 Å². The van der Waals surface area contributed by atoms with Crippen LogP contribution < -0.4 is 0 Å². The third-order valence-corrected chi connectivity index (χ3v) is 6.20. The fraction of sp³-hybridized carbons (Fsp3) is 0.125. The highest BCUT2D eigenvalue weighted by Gasteiger charge is 2.39. The van der Waals surface area contributed by atoms with Crippen molar-refractivity contribution < 1.29 is 13.4 Å². The third-order valence-electron chi connectivity index (χ3n) is 2.32. The van der Waals surface area contributed by atoms with Gasteiger partial charge in [-0.15, -0.1) is 11.3 Å². The average Bonchev–Trinajstić information content (AvgIpc) is 2.80. The molecule has 8 heteroatoms. The van der Waals surface area contributed by atoms with E-state index in [1.54, 1.807) is 0 Å². The van der Waals surface area contributed by atoms with Crippen molar-refractivity contribution >= 4 is 71.1 Å². The van der Waals surface area contributed by atoms with E-state index in [0.717, 1.165) is 13.0 Å². The maximum Gasteiger partial charge on any atom is 0.302 e. The van der Waals surface area contributed by atoms with Gasteiger partial charge in [-0.25, -0.2) is 4.21 Å². The first kappa shape index (κ1) is 10.9. The Bertz CT molecular complexity index is 660. The molecule has 0 saturated heterocycles. The number of amides is 1. The number of carbonyl (C=O) groups is 1. The molecule has 3 rings (SSSR count). The van der Waals surface area contributed by atoms with Gasteiger partial charge in [-0.3, -0.25) is 9.10 Å². The standard InChI is InChI=1S/C8H3Br2NO3S2/c1-11-8(12)4-5(16(11)13)2-3(14-4)7(10)15-6(2)9/h1H3. The predicted molar refractivity (Wildman–Crippen MR) is 68.0 cm³/mol. The minimum absolute atomic E-state index is 0.181. The second-order valence-corrected chi connectivity index (χ2v) is 8.28. The maximum absolute atomic E-state index is 12.0. The van der Waals surface area contributed by atoms with Crippen molar-refractivity contribution in [3.63, 3.8) is 0 Å². The van der Waals surface area contributed by atoms with Gasteiger partial charge >= 0.3 is 5.91 Å². The zero-order valence-electron chi connectivity index (χ0n) is 7.74. The highest BCUT2D eigenvalue weighted by atomic mass is 79.9. The summed E-state index contributed by atoms with van der Waals surface area (Å²) >= 11 is 8.16. The second-order valence-electron chi connectivity index (χ2n) is 3.17. The van der Waals surface area contributed by atoms with Crippen molar-refractivity contribution in [1.29, 1.82) is 0 Å². The van der Waals surface area contributed by atoms with Crippen molar-refractivity contribution in [2.24, 2.45) is 0 Å². The van der Waals surface area contributed by atoms with E-state index in [0.29, 0.717) is 10.5 Å². The van der Waals surface area contributed by atoms with E-state index < -0.39 is 11.0 Å². The van der Waals surface area contributed by atoms with Gasteiger partial charge in [-0.2, -0.15) is 0 Å². The number of furan rings is 1. The summed E-state index contributed by atoms with van der Waals surface area (Å²) in [5, 5.41) is 0.725. The largest absolute Gasteiger partial charge is 0.447 e. The molecule has 0 fully saturated rings. The smallest absolute Gasteiger partial charge is 0.302 e. The summed E-state index contributed by atoms with van der Waals surface area (Å²) < 4.78 is 20.2. The SMILES string of the molecule is CN1C(=O)c2oc3c(Br)sc(Br)c3c2S1=O. The molecule has 2 aromatic heterocycles. The normalized spacial score (nSPS) is 19.8. The van der Waals surface area contributed by atoms with Crippen molar-refractivity contribution in [1.82, 2.24) is 4.31 Å². The first-order chi connectivity index (χ1) is 7.52. The summed E-state index contributed by atoms with van der Waals surface area (Å²) in [7, 11) is 0.0280. The molecule has 1 amide bonds. The van der Waals surface area contributed by atoms with Crippen molar-refractivity contribution in [2.45, 2.75) is 4.90 Å². The topological polar surface area (TPSA) is 50.5 Å². The Balaban J connectivity index is 2.47. The van der Waals surface area contributed by atoms with Crippen LogP contribution in [0.4, 0.5) is 0 Å². The summed E-state index contributed by atoms with van der Waals surface area (Å²) in [6.45, 7) is 0. The molecule has 1 aliphatic heterocycles. The molecule has 4 nitrogen and oxygen atoms in total. The lowest BCUT2D eigenvalue weighted by Gasteiger charge is -2.04. The predicted octanol–water partition coefficient (Wildman–Crippen LogP) is 3.13. The highest BCUT2D eigenvalue weighted by Crippen LogP contribution is 2.46. The lowest BCUT2D eigenvalue weighted by molar-refractivity contribution is 0.0868. The van der Waals surface area contributed by atoms with Crippen molar-refractivity contribution in [3.8, 4) is 0 Å². The summed E-state index contributed by atoms with van der Waals surface area (Å²) in [5.41, 5.74) is 0.580. The monoisotopic (exact) mass is 383 g/mol. The lowest BCUT2D eigenvalue weighted by Crippen LogP contribution is -2.20. The Hall–Kier alpha value is -0.180. The van der Waals surface area contributed by atoms with Gasteiger partial charge in [0.2, 0.25) is 5.76 Å². The Morgan fingerprint density at radius 1 is 1.38 bits per heavy atom. The molecule has 0 spiro atoms. The number of fused-ring (bicyclic) bond motifs is 3. The van der Waals surface area contributed by atoms with Crippen LogP contribution in [-0.2, 0) is 11.0 Å². The van der Waals surface area contributed by atoms with E-state index in [4.69, 9.17) is 4.42 Å². The molecule has 1 aliphatic rings. The van der Waals surface area contributed by atoms with Crippen LogP contribution in [-0.4, -0.2) is 21.5 Å². The first-order valence-corrected chi connectivity index (χ1v) is 7.63. The number of hydrogen-bond acceptors (Lipinski definition) is 4. The molecule has 0 aliphatic carbocycles. The van der Waals surface area contributed by atoms with Crippen LogP contribution in [0.1, 0.15) is 10.6 Å². The van der Waals surface area contributed by atoms with Crippen molar-refractivity contribution in [3.05, 3.63) is 13.3 Å². The molecular weight excluding hydrogens is 382 g/mol. The van der Waals surface area contributed by atoms with Gasteiger partial charge in [0, 0.05) is 7.05 Å². The summed E-state index contributed by atoms with van der Waals surface area (Å²) in [6.07, 6.45) is 0. The fourth-order valence-electron chi connectivity index (χ4n) is 1.57.